The molecule has 0 saturated carbocycles. The van der Waals surface area contributed by atoms with E-state index in [1.54, 1.807) is 0 Å². The normalized spacial score (nSPS) is 11.8. The van der Waals surface area contributed by atoms with E-state index < -0.39 is 11.7 Å². The second-order valence-electron chi connectivity index (χ2n) is 4.90. The van der Waals surface area contributed by atoms with Crippen LogP contribution in [0, 0.1) is 0 Å². The van der Waals surface area contributed by atoms with E-state index in [2.05, 4.69) is 4.98 Å². The van der Waals surface area contributed by atoms with Crippen LogP contribution in [0.15, 0.2) is 55.0 Å². The van der Waals surface area contributed by atoms with Crippen LogP contribution in [-0.4, -0.2) is 4.98 Å². The number of rotatable bonds is 2. The first-order chi connectivity index (χ1) is 10.4. The van der Waals surface area contributed by atoms with E-state index in [0.29, 0.717) is 12.2 Å². The average molecular weight is 324 g/mol. The Morgan fingerprint density at radius 1 is 1.09 bits per heavy atom. The van der Waals surface area contributed by atoms with E-state index in [4.69, 9.17) is 11.6 Å². The number of hydrogen-bond donors (Lipinski definition) is 0. The van der Waals surface area contributed by atoms with Gasteiger partial charge in [0.05, 0.1) is 10.6 Å². The molecule has 0 spiro atoms. The van der Waals surface area contributed by atoms with Gasteiger partial charge >= 0.3 is 6.18 Å². The number of benzene rings is 1. The van der Waals surface area contributed by atoms with Crippen LogP contribution >= 0.6 is 11.6 Å². The predicted octanol–water partition coefficient (Wildman–Crippen LogP) is 4.24. The average Bonchev–Trinajstić information content (AvgIpc) is 2.48. The zero-order chi connectivity index (χ0) is 15.7. The molecule has 0 aliphatic rings. The van der Waals surface area contributed by atoms with Crippen molar-refractivity contribution in [3.8, 4) is 0 Å². The smallest absolute Gasteiger partial charge is 0.252 e. The molecule has 0 saturated heterocycles. The fourth-order valence-electron chi connectivity index (χ4n) is 2.19. The van der Waals surface area contributed by atoms with Gasteiger partial charge < -0.3 is 0 Å². The molecule has 2 aromatic heterocycles. The third kappa shape index (κ3) is 3.04. The number of alkyl halides is 3. The lowest BCUT2D eigenvalue weighted by molar-refractivity contribution is -0.687. The molecular formula is C16H11ClF3N2+. The molecule has 2 nitrogen and oxygen atoms in total. The zero-order valence-electron chi connectivity index (χ0n) is 11.3. The Hall–Kier alpha value is -2.14. The van der Waals surface area contributed by atoms with Crippen LogP contribution in [0.3, 0.4) is 0 Å². The van der Waals surface area contributed by atoms with Crippen LogP contribution in [0.4, 0.5) is 13.2 Å². The van der Waals surface area contributed by atoms with E-state index >= 15 is 0 Å². The highest BCUT2D eigenvalue weighted by Crippen LogP contribution is 2.30. The molecule has 22 heavy (non-hydrogen) atoms. The lowest BCUT2D eigenvalue weighted by Gasteiger charge is -2.07. The van der Waals surface area contributed by atoms with Crippen LogP contribution in [0.5, 0.6) is 0 Å². The van der Waals surface area contributed by atoms with Gasteiger partial charge in [-0.2, -0.15) is 17.7 Å². The van der Waals surface area contributed by atoms with Gasteiger partial charge in [-0.25, -0.2) is 0 Å². The summed E-state index contributed by atoms with van der Waals surface area (Å²) in [5, 5.41) is 2.13. The van der Waals surface area contributed by atoms with Crippen molar-refractivity contribution >= 4 is 22.4 Å². The summed E-state index contributed by atoms with van der Waals surface area (Å²) in [6.45, 7) is 0.307. The minimum absolute atomic E-state index is 0.00971. The molecule has 2 heterocycles. The van der Waals surface area contributed by atoms with E-state index in [1.165, 1.54) is 0 Å². The molecule has 0 unspecified atom stereocenters. The molecule has 0 radical (unpaired) electrons. The first-order valence-electron chi connectivity index (χ1n) is 6.53. The summed E-state index contributed by atoms with van der Waals surface area (Å²) in [4.78, 5) is 3.85. The highest BCUT2D eigenvalue weighted by Gasteiger charge is 2.31. The number of aromatic nitrogens is 2. The van der Waals surface area contributed by atoms with E-state index in [9.17, 15) is 13.2 Å². The minimum Gasteiger partial charge on any atom is -0.252 e. The lowest BCUT2D eigenvalue weighted by atomic mass is 10.2. The van der Waals surface area contributed by atoms with E-state index in [-0.39, 0.29) is 5.02 Å². The predicted molar refractivity (Wildman–Crippen MR) is 77.5 cm³/mol. The van der Waals surface area contributed by atoms with Crippen LogP contribution in [-0.2, 0) is 12.7 Å². The van der Waals surface area contributed by atoms with Crippen molar-refractivity contribution < 1.29 is 17.7 Å². The van der Waals surface area contributed by atoms with Crippen molar-refractivity contribution in [2.45, 2.75) is 12.7 Å². The fraction of sp³-hybridized carbons (Fsp3) is 0.125. The van der Waals surface area contributed by atoms with Crippen molar-refractivity contribution in [2.24, 2.45) is 0 Å². The van der Waals surface area contributed by atoms with Crippen molar-refractivity contribution in [3.05, 3.63) is 71.3 Å². The van der Waals surface area contributed by atoms with Gasteiger partial charge in [-0.15, -0.1) is 0 Å². The minimum atomic E-state index is -4.44. The van der Waals surface area contributed by atoms with Crippen molar-refractivity contribution in [1.82, 2.24) is 4.98 Å². The maximum absolute atomic E-state index is 12.6. The summed E-state index contributed by atoms with van der Waals surface area (Å²) in [5.74, 6) is 0. The van der Waals surface area contributed by atoms with Crippen molar-refractivity contribution in [1.29, 1.82) is 0 Å². The van der Waals surface area contributed by atoms with Gasteiger partial charge in [-0.05, 0) is 17.5 Å². The molecular weight excluding hydrogens is 313 g/mol. The Balaban J connectivity index is 1.91. The maximum Gasteiger partial charge on any atom is 0.417 e. The third-order valence-corrected chi connectivity index (χ3v) is 3.65. The summed E-state index contributed by atoms with van der Waals surface area (Å²) in [6, 6.07) is 10.7. The molecule has 0 atom stereocenters. The number of hydrogen-bond acceptors (Lipinski definition) is 1. The molecule has 3 aromatic rings. The Kier molecular flexibility index (Phi) is 3.74. The van der Waals surface area contributed by atoms with Gasteiger partial charge in [0.1, 0.15) is 5.69 Å². The summed E-state index contributed by atoms with van der Waals surface area (Å²) >= 11 is 5.93. The van der Waals surface area contributed by atoms with Crippen LogP contribution in [0.1, 0.15) is 11.3 Å². The summed E-state index contributed by atoms with van der Waals surface area (Å²) in [5.41, 5.74) is -0.445. The Morgan fingerprint density at radius 2 is 1.82 bits per heavy atom. The molecule has 0 fully saturated rings. The number of fused-ring (bicyclic) bond motifs is 1. The number of halogens is 4. The summed E-state index contributed by atoms with van der Waals surface area (Å²) in [6.07, 6.45) is 0.122. The molecule has 3 rings (SSSR count). The van der Waals surface area contributed by atoms with Gasteiger partial charge in [-0.3, -0.25) is 4.98 Å². The molecule has 1 aromatic carbocycles. The molecule has 112 valence electrons. The van der Waals surface area contributed by atoms with E-state index in [0.717, 1.165) is 23.0 Å². The Labute approximate surface area is 129 Å². The van der Waals surface area contributed by atoms with Crippen LogP contribution in [0.25, 0.3) is 10.8 Å². The number of nitrogens with zero attached hydrogens (tertiary/aromatic N) is 2. The van der Waals surface area contributed by atoms with Crippen LogP contribution < -0.4 is 4.57 Å². The lowest BCUT2D eigenvalue weighted by Crippen LogP contribution is -2.33. The monoisotopic (exact) mass is 323 g/mol. The molecule has 0 N–H and O–H groups in total. The maximum atomic E-state index is 12.6. The summed E-state index contributed by atoms with van der Waals surface area (Å²) in [7, 11) is 0. The largest absolute Gasteiger partial charge is 0.417 e. The second-order valence-corrected chi connectivity index (χ2v) is 5.30. The van der Waals surface area contributed by atoms with Crippen molar-refractivity contribution in [2.75, 3.05) is 0 Å². The topological polar surface area (TPSA) is 16.8 Å². The molecule has 0 aliphatic heterocycles. The van der Waals surface area contributed by atoms with Gasteiger partial charge in [-0.1, -0.05) is 29.8 Å². The Bertz CT molecular complexity index is 831. The first kappa shape index (κ1) is 14.8. The highest BCUT2D eigenvalue weighted by molar-refractivity contribution is 6.31. The molecule has 6 heteroatoms. The Morgan fingerprint density at radius 3 is 2.50 bits per heavy atom. The first-order valence-corrected chi connectivity index (χ1v) is 6.91. The zero-order valence-corrected chi connectivity index (χ0v) is 12.1. The fourth-order valence-corrected chi connectivity index (χ4v) is 2.41. The van der Waals surface area contributed by atoms with Crippen molar-refractivity contribution in [3.63, 3.8) is 0 Å². The third-order valence-electron chi connectivity index (χ3n) is 3.32. The molecule has 0 amide bonds. The quantitative estimate of drug-likeness (QED) is 0.644. The summed E-state index contributed by atoms with van der Waals surface area (Å²) < 4.78 is 39.6. The molecule has 0 aliphatic carbocycles. The SMILES string of the molecule is FC(F)(F)c1cnc(C[n+]2ccc3ccccc3c2)c(Cl)c1. The van der Waals surface area contributed by atoms with Gasteiger partial charge in [0.15, 0.2) is 18.9 Å². The van der Waals surface area contributed by atoms with Gasteiger partial charge in [0.25, 0.3) is 0 Å². The number of pyridine rings is 2. The van der Waals surface area contributed by atoms with E-state index in [1.807, 2.05) is 47.3 Å². The van der Waals surface area contributed by atoms with Gasteiger partial charge in [0, 0.05) is 17.6 Å². The van der Waals surface area contributed by atoms with Gasteiger partial charge in [0.2, 0.25) is 0 Å². The van der Waals surface area contributed by atoms with Crippen LogP contribution in [0.2, 0.25) is 5.02 Å². The second kappa shape index (κ2) is 5.57. The molecule has 0 bridgehead atoms. The standard InChI is InChI=1S/C16H11ClF3N2/c17-14-7-13(16(18,19)20)8-21-15(14)10-22-6-5-11-3-1-2-4-12(11)9-22/h1-9H,10H2/q+1. The highest BCUT2D eigenvalue weighted by atomic mass is 35.5.